The van der Waals surface area contributed by atoms with Crippen molar-refractivity contribution in [3.63, 3.8) is 0 Å². The van der Waals surface area contributed by atoms with Crippen molar-refractivity contribution in [1.82, 2.24) is 4.98 Å². The Morgan fingerprint density at radius 2 is 2.00 bits per heavy atom. The smallest absolute Gasteiger partial charge is 0.352 e. The normalized spacial score (nSPS) is 11.2. The van der Waals surface area contributed by atoms with Crippen LogP contribution in [0.5, 0.6) is 0 Å². The van der Waals surface area contributed by atoms with Gasteiger partial charge in [-0.25, -0.2) is 9.59 Å². The zero-order valence-corrected chi connectivity index (χ0v) is 9.60. The molecule has 0 unspecified atom stereocenters. The highest BCUT2D eigenvalue weighted by Gasteiger charge is 2.15. The standard InChI is InChI=1S/C13H11NO4/c1-7-2-4-10-9(6-7)8(3-5-11(15)16)12(14-10)13(17)18/h2-6,14H,1H3,(H,15,16)(H,17,18)/b5-3-. The zero-order chi connectivity index (χ0) is 13.3. The second-order valence-electron chi connectivity index (χ2n) is 3.94. The number of aliphatic carboxylic acids is 1. The van der Waals surface area contributed by atoms with E-state index in [1.54, 1.807) is 6.07 Å². The minimum atomic E-state index is -1.12. The fourth-order valence-electron chi connectivity index (χ4n) is 1.82. The molecule has 0 saturated carbocycles. The van der Waals surface area contributed by atoms with E-state index >= 15 is 0 Å². The summed E-state index contributed by atoms with van der Waals surface area (Å²) in [6.07, 6.45) is 2.22. The first-order valence-corrected chi connectivity index (χ1v) is 5.25. The zero-order valence-electron chi connectivity index (χ0n) is 9.60. The Morgan fingerprint density at radius 3 is 2.61 bits per heavy atom. The fourth-order valence-corrected chi connectivity index (χ4v) is 1.82. The number of hydrogen-bond donors (Lipinski definition) is 3. The number of fused-ring (bicyclic) bond motifs is 1. The number of H-pyrrole nitrogens is 1. The van der Waals surface area contributed by atoms with E-state index in [0.717, 1.165) is 11.6 Å². The van der Waals surface area contributed by atoms with Crippen LogP contribution in [0.1, 0.15) is 21.6 Å². The Kier molecular flexibility index (Phi) is 2.89. The maximum Gasteiger partial charge on any atom is 0.352 e. The predicted octanol–water partition coefficient (Wildman–Crippen LogP) is 2.27. The number of aryl methyl sites for hydroxylation is 1. The Hall–Kier alpha value is -2.56. The summed E-state index contributed by atoms with van der Waals surface area (Å²) < 4.78 is 0. The highest BCUT2D eigenvalue weighted by molar-refractivity contribution is 6.03. The molecule has 0 saturated heterocycles. The van der Waals surface area contributed by atoms with Crippen LogP contribution >= 0.6 is 0 Å². The third kappa shape index (κ3) is 2.10. The van der Waals surface area contributed by atoms with Crippen molar-refractivity contribution in [1.29, 1.82) is 0 Å². The van der Waals surface area contributed by atoms with E-state index < -0.39 is 11.9 Å². The third-order valence-electron chi connectivity index (χ3n) is 2.60. The summed E-state index contributed by atoms with van der Waals surface area (Å²) in [5.74, 6) is -2.23. The van der Waals surface area contributed by atoms with Crippen molar-refractivity contribution in [3.05, 3.63) is 41.1 Å². The summed E-state index contributed by atoms with van der Waals surface area (Å²) in [6, 6.07) is 5.45. The topological polar surface area (TPSA) is 90.4 Å². The van der Waals surface area contributed by atoms with Crippen LogP contribution in [-0.4, -0.2) is 27.1 Å². The molecule has 0 aliphatic heterocycles. The molecular formula is C13H11NO4. The number of carboxylic acid groups (broad SMARTS) is 2. The van der Waals surface area contributed by atoms with Crippen molar-refractivity contribution in [2.45, 2.75) is 6.92 Å². The molecule has 2 rings (SSSR count). The largest absolute Gasteiger partial charge is 0.478 e. The van der Waals surface area contributed by atoms with Crippen molar-refractivity contribution in [2.75, 3.05) is 0 Å². The number of carboxylic acids is 2. The van der Waals surface area contributed by atoms with Crippen molar-refractivity contribution in [3.8, 4) is 0 Å². The summed E-state index contributed by atoms with van der Waals surface area (Å²) in [5, 5.41) is 18.4. The molecule has 0 aliphatic rings. The highest BCUT2D eigenvalue weighted by Crippen LogP contribution is 2.25. The number of carbonyl (C=O) groups is 2. The van der Waals surface area contributed by atoms with Crippen LogP contribution in [-0.2, 0) is 4.79 Å². The molecule has 1 heterocycles. The fraction of sp³-hybridized carbons (Fsp3) is 0.0769. The third-order valence-corrected chi connectivity index (χ3v) is 2.60. The van der Waals surface area contributed by atoms with Crippen LogP contribution in [0.3, 0.4) is 0 Å². The van der Waals surface area contributed by atoms with Crippen molar-refractivity contribution in [2.24, 2.45) is 0 Å². The highest BCUT2D eigenvalue weighted by atomic mass is 16.4. The Balaban J connectivity index is 2.72. The molecule has 5 heteroatoms. The van der Waals surface area contributed by atoms with E-state index in [-0.39, 0.29) is 5.69 Å². The molecule has 92 valence electrons. The molecule has 0 fully saturated rings. The van der Waals surface area contributed by atoms with Gasteiger partial charge in [0, 0.05) is 22.5 Å². The van der Waals surface area contributed by atoms with Crippen LogP contribution in [0.2, 0.25) is 0 Å². The van der Waals surface area contributed by atoms with Crippen LogP contribution < -0.4 is 0 Å². The number of aromatic carboxylic acids is 1. The maximum absolute atomic E-state index is 11.1. The van der Waals surface area contributed by atoms with Gasteiger partial charge in [0.25, 0.3) is 0 Å². The van der Waals surface area contributed by atoms with Gasteiger partial charge in [0.05, 0.1) is 0 Å². The van der Waals surface area contributed by atoms with Crippen LogP contribution in [0.4, 0.5) is 0 Å². The van der Waals surface area contributed by atoms with Crippen LogP contribution in [0.15, 0.2) is 24.3 Å². The van der Waals surface area contributed by atoms with Gasteiger partial charge in [0.2, 0.25) is 0 Å². The number of benzene rings is 1. The van der Waals surface area contributed by atoms with E-state index in [4.69, 9.17) is 10.2 Å². The quantitative estimate of drug-likeness (QED) is 0.723. The number of rotatable bonds is 3. The SMILES string of the molecule is Cc1ccc2[nH]c(C(=O)O)c(/C=C\C(=O)O)c2c1. The number of aromatic amines is 1. The Bertz CT molecular complexity index is 667. The van der Waals surface area contributed by atoms with Gasteiger partial charge in [-0.15, -0.1) is 0 Å². The predicted molar refractivity (Wildman–Crippen MR) is 66.7 cm³/mol. The molecule has 0 atom stereocenters. The summed E-state index contributed by atoms with van der Waals surface area (Å²) in [5.41, 5.74) is 2.02. The molecule has 18 heavy (non-hydrogen) atoms. The van der Waals surface area contributed by atoms with Gasteiger partial charge < -0.3 is 15.2 Å². The molecule has 0 radical (unpaired) electrons. The summed E-state index contributed by atoms with van der Waals surface area (Å²) in [7, 11) is 0. The summed E-state index contributed by atoms with van der Waals surface area (Å²) in [6.45, 7) is 1.89. The van der Waals surface area contributed by atoms with E-state index in [1.807, 2.05) is 19.1 Å². The van der Waals surface area contributed by atoms with Gasteiger partial charge in [-0.1, -0.05) is 11.6 Å². The first-order chi connectivity index (χ1) is 8.49. The average molecular weight is 245 g/mol. The molecular weight excluding hydrogens is 234 g/mol. The van der Waals surface area contributed by atoms with Gasteiger partial charge in [-0.2, -0.15) is 0 Å². The Labute approximate surface area is 102 Å². The van der Waals surface area contributed by atoms with Crippen LogP contribution in [0, 0.1) is 6.92 Å². The summed E-state index contributed by atoms with van der Waals surface area (Å²) in [4.78, 5) is 24.4. The van der Waals surface area contributed by atoms with Gasteiger partial charge in [0.1, 0.15) is 5.69 Å². The Morgan fingerprint density at radius 1 is 1.28 bits per heavy atom. The number of hydrogen-bond acceptors (Lipinski definition) is 2. The molecule has 5 nitrogen and oxygen atoms in total. The monoisotopic (exact) mass is 245 g/mol. The van der Waals surface area contributed by atoms with Gasteiger partial charge in [-0.05, 0) is 25.1 Å². The molecule has 0 amide bonds. The van der Waals surface area contributed by atoms with Crippen molar-refractivity contribution < 1.29 is 19.8 Å². The number of aromatic nitrogens is 1. The van der Waals surface area contributed by atoms with E-state index in [0.29, 0.717) is 16.5 Å². The maximum atomic E-state index is 11.1. The molecule has 0 bridgehead atoms. The molecule has 0 aliphatic carbocycles. The van der Waals surface area contributed by atoms with Gasteiger partial charge >= 0.3 is 11.9 Å². The lowest BCUT2D eigenvalue weighted by Crippen LogP contribution is -1.98. The van der Waals surface area contributed by atoms with E-state index in [2.05, 4.69) is 4.98 Å². The molecule has 2 aromatic rings. The number of nitrogens with one attached hydrogen (secondary N) is 1. The van der Waals surface area contributed by atoms with Crippen LogP contribution in [0.25, 0.3) is 17.0 Å². The molecule has 1 aromatic carbocycles. The summed E-state index contributed by atoms with van der Waals surface area (Å²) >= 11 is 0. The van der Waals surface area contributed by atoms with Gasteiger partial charge in [0.15, 0.2) is 0 Å². The first kappa shape index (κ1) is 11.9. The molecule has 3 N–H and O–H groups in total. The second-order valence-corrected chi connectivity index (χ2v) is 3.94. The minimum Gasteiger partial charge on any atom is -0.478 e. The first-order valence-electron chi connectivity index (χ1n) is 5.25. The minimum absolute atomic E-state index is 0.00639. The molecule has 1 aromatic heterocycles. The lowest BCUT2D eigenvalue weighted by atomic mass is 10.1. The second kappa shape index (κ2) is 4.37. The average Bonchev–Trinajstić information content (AvgIpc) is 2.64. The lowest BCUT2D eigenvalue weighted by Gasteiger charge is -1.95. The van der Waals surface area contributed by atoms with E-state index in [9.17, 15) is 9.59 Å². The lowest BCUT2D eigenvalue weighted by molar-refractivity contribution is -0.131. The molecule has 0 spiro atoms. The van der Waals surface area contributed by atoms with E-state index in [1.165, 1.54) is 6.08 Å². The van der Waals surface area contributed by atoms with Gasteiger partial charge in [-0.3, -0.25) is 0 Å². The van der Waals surface area contributed by atoms with Crippen molar-refractivity contribution >= 4 is 28.9 Å².